The van der Waals surface area contributed by atoms with Crippen molar-refractivity contribution in [1.29, 1.82) is 0 Å². The monoisotopic (exact) mass is 905 g/mol. The Kier molecular flexibility index (Phi) is 10.0. The van der Waals surface area contributed by atoms with E-state index in [-0.39, 0.29) is 0 Å². The first kappa shape index (κ1) is 40.6. The molecule has 7 aromatic carbocycles. The first-order valence-electron chi connectivity index (χ1n) is 23.0. The number of fused-ring (bicyclic) bond motifs is 4. The largest absolute Gasteiger partial charge is 0.331 e. The van der Waals surface area contributed by atoms with Crippen molar-refractivity contribution in [3.8, 4) is 56.0 Å². The van der Waals surface area contributed by atoms with Crippen LogP contribution in [0.25, 0.3) is 99.4 Å². The smallest absolute Gasteiger partial charge is 0.119 e. The molecule has 13 nitrogen and oxygen atoms in total. The van der Waals surface area contributed by atoms with Gasteiger partial charge in [-0.2, -0.15) is 15.3 Å². The third kappa shape index (κ3) is 7.29. The second kappa shape index (κ2) is 17.2. The van der Waals surface area contributed by atoms with Gasteiger partial charge in [0, 0.05) is 61.4 Å². The lowest BCUT2D eigenvalue weighted by molar-refractivity contribution is 0.759. The number of aromatic nitrogens is 13. The second-order valence-corrected chi connectivity index (χ2v) is 17.2. The van der Waals surface area contributed by atoms with Crippen LogP contribution in [-0.2, 0) is 19.6 Å². The van der Waals surface area contributed by atoms with Crippen LogP contribution in [-0.4, -0.2) is 64.5 Å². The second-order valence-electron chi connectivity index (χ2n) is 17.2. The third-order valence-corrected chi connectivity index (χ3v) is 13.0. The molecule has 13 aromatic rings. The third-order valence-electron chi connectivity index (χ3n) is 13.0. The van der Waals surface area contributed by atoms with Crippen molar-refractivity contribution in [2.45, 2.75) is 19.6 Å². The molecule has 0 bridgehead atoms. The highest BCUT2D eigenvalue weighted by atomic mass is 15.2. The predicted octanol–water partition coefficient (Wildman–Crippen LogP) is 11.1. The van der Waals surface area contributed by atoms with Gasteiger partial charge in [0.1, 0.15) is 29.7 Å². The van der Waals surface area contributed by atoms with Crippen molar-refractivity contribution in [1.82, 2.24) is 64.5 Å². The van der Waals surface area contributed by atoms with Gasteiger partial charge in [0.15, 0.2) is 0 Å². The summed E-state index contributed by atoms with van der Waals surface area (Å²) in [4.78, 5) is 8.89. The van der Waals surface area contributed by atoms with Gasteiger partial charge in [-0.1, -0.05) is 140 Å². The Bertz CT molecular complexity index is 4050. The predicted molar refractivity (Wildman–Crippen MR) is 272 cm³/mol. The highest BCUT2D eigenvalue weighted by Gasteiger charge is 2.21. The van der Waals surface area contributed by atoms with Crippen LogP contribution in [0.1, 0.15) is 17.1 Å². The zero-order chi connectivity index (χ0) is 46.4. The van der Waals surface area contributed by atoms with Gasteiger partial charge in [0.05, 0.1) is 60.4 Å². The van der Waals surface area contributed by atoms with E-state index in [2.05, 4.69) is 146 Å². The maximum Gasteiger partial charge on any atom is 0.119 e. The molecule has 0 amide bonds. The molecule has 0 N–H and O–H groups in total. The lowest BCUT2D eigenvalue weighted by Gasteiger charge is -2.17. The fraction of sp³-hybridized carbons (Fsp3) is 0.0526. The molecular weight excluding hydrogens is 867 g/mol. The van der Waals surface area contributed by atoms with Gasteiger partial charge in [0.2, 0.25) is 0 Å². The number of nitrogens with zero attached hydrogens (tertiary/aromatic N) is 13. The van der Waals surface area contributed by atoms with E-state index in [1.54, 1.807) is 25.2 Å². The summed E-state index contributed by atoms with van der Waals surface area (Å²) in [6.07, 6.45) is 10.8. The van der Waals surface area contributed by atoms with Crippen LogP contribution in [0.3, 0.4) is 0 Å². The molecule has 0 aliphatic heterocycles. The summed E-state index contributed by atoms with van der Waals surface area (Å²) < 4.78 is 6.04. The Morgan fingerprint density at radius 2 is 0.886 bits per heavy atom. The number of imidazole rings is 2. The zero-order valence-corrected chi connectivity index (χ0v) is 37.5. The van der Waals surface area contributed by atoms with Gasteiger partial charge in [-0.25, -0.2) is 9.97 Å². The van der Waals surface area contributed by atoms with Crippen LogP contribution in [0.15, 0.2) is 201 Å². The minimum Gasteiger partial charge on any atom is -0.331 e. The van der Waals surface area contributed by atoms with E-state index in [1.165, 1.54) is 0 Å². The molecule has 0 atom stereocenters. The standard InChI is InChI=1S/C57H39N13/c1-2-12-37(13-3-1)55-48-28-38(22-24-43(48)53(64-65-55)32-70-34-59-50-20-10-11-21-54(50)70)41-15-5-8-18-46(41)57-49-29-39(23-25-44(49)52(63-67-57)31-69-35-60-61-36-69)40-14-4-7-17-45(40)56-47-19-9-6-16-42(47)51(62-66-56)30-68-27-26-58-33-68/h1-29,33-36H,30-32H2. The Morgan fingerprint density at radius 3 is 1.56 bits per heavy atom. The summed E-state index contributed by atoms with van der Waals surface area (Å²) in [5.74, 6) is 0. The lowest BCUT2D eigenvalue weighted by atomic mass is 9.90. The van der Waals surface area contributed by atoms with Crippen molar-refractivity contribution >= 4 is 43.4 Å². The highest BCUT2D eigenvalue weighted by molar-refractivity contribution is 6.05. The molecule has 0 aliphatic rings. The molecule has 332 valence electrons. The summed E-state index contributed by atoms with van der Waals surface area (Å²) in [6.45, 7) is 1.53. The van der Waals surface area contributed by atoms with E-state index in [0.29, 0.717) is 19.6 Å². The van der Waals surface area contributed by atoms with Gasteiger partial charge in [0.25, 0.3) is 0 Å². The molecule has 0 radical (unpaired) electrons. The van der Waals surface area contributed by atoms with Gasteiger partial charge < -0.3 is 13.7 Å². The molecule has 6 aromatic heterocycles. The molecule has 70 heavy (non-hydrogen) atoms. The van der Waals surface area contributed by atoms with E-state index < -0.39 is 0 Å². The average molecular weight is 906 g/mol. The van der Waals surface area contributed by atoms with Crippen molar-refractivity contribution < 1.29 is 0 Å². The Morgan fingerprint density at radius 1 is 0.357 bits per heavy atom. The zero-order valence-electron chi connectivity index (χ0n) is 37.5. The summed E-state index contributed by atoms with van der Waals surface area (Å²) in [6, 6.07) is 56.7. The van der Waals surface area contributed by atoms with E-state index in [0.717, 1.165) is 116 Å². The van der Waals surface area contributed by atoms with Crippen molar-refractivity contribution in [3.05, 3.63) is 219 Å². The van der Waals surface area contributed by atoms with Crippen molar-refractivity contribution in [3.63, 3.8) is 0 Å². The molecule has 0 spiro atoms. The van der Waals surface area contributed by atoms with E-state index >= 15 is 0 Å². The maximum absolute atomic E-state index is 5.08. The van der Waals surface area contributed by atoms with Gasteiger partial charge >= 0.3 is 0 Å². The summed E-state index contributed by atoms with van der Waals surface area (Å²) >= 11 is 0. The fourth-order valence-electron chi connectivity index (χ4n) is 9.68. The molecular formula is C57H39N13. The summed E-state index contributed by atoms with van der Waals surface area (Å²) in [5, 5.41) is 43.7. The van der Waals surface area contributed by atoms with E-state index in [1.807, 2.05) is 64.1 Å². The molecule has 0 saturated heterocycles. The molecule has 0 fully saturated rings. The normalized spacial score (nSPS) is 11.6. The number of rotatable bonds is 11. The molecule has 0 unspecified atom stereocenters. The van der Waals surface area contributed by atoms with Crippen LogP contribution in [0, 0.1) is 0 Å². The van der Waals surface area contributed by atoms with E-state index in [4.69, 9.17) is 30.6 Å². The highest BCUT2D eigenvalue weighted by Crippen LogP contribution is 2.41. The first-order valence-corrected chi connectivity index (χ1v) is 23.0. The van der Waals surface area contributed by atoms with Crippen molar-refractivity contribution in [2.24, 2.45) is 0 Å². The van der Waals surface area contributed by atoms with Crippen LogP contribution in [0.4, 0.5) is 0 Å². The fourth-order valence-corrected chi connectivity index (χ4v) is 9.68. The average Bonchev–Trinajstić information content (AvgIpc) is 4.23. The summed E-state index contributed by atoms with van der Waals surface area (Å²) in [7, 11) is 0. The SMILES string of the molecule is c1ccc(-c2nnc(Cn3cnc4ccccc43)c3ccc(-c4ccccc4-c4nnc(Cn5cnnc5)c5ccc(-c6ccccc6-c6nnc(Cn7ccnc7)c7ccccc67)cc45)cc23)cc1. The van der Waals surface area contributed by atoms with Crippen LogP contribution < -0.4 is 0 Å². The first-order chi connectivity index (χ1) is 34.7. The molecule has 13 rings (SSSR count). The number of hydrogen-bond acceptors (Lipinski definition) is 10. The topological polar surface area (TPSA) is 144 Å². The van der Waals surface area contributed by atoms with Gasteiger partial charge in [-0.15, -0.1) is 25.5 Å². The van der Waals surface area contributed by atoms with Crippen molar-refractivity contribution in [2.75, 3.05) is 0 Å². The minimum atomic E-state index is 0.451. The molecule has 0 saturated carbocycles. The van der Waals surface area contributed by atoms with Gasteiger partial charge in [-0.05, 0) is 46.5 Å². The molecule has 0 aliphatic carbocycles. The number of para-hydroxylation sites is 2. The molecule has 13 heteroatoms. The minimum absolute atomic E-state index is 0.451. The Labute approximate surface area is 400 Å². The lowest BCUT2D eigenvalue weighted by Crippen LogP contribution is -2.05. The quantitative estimate of drug-likeness (QED) is 0.123. The number of hydrogen-bond donors (Lipinski definition) is 0. The van der Waals surface area contributed by atoms with Crippen LogP contribution >= 0.6 is 0 Å². The van der Waals surface area contributed by atoms with Crippen LogP contribution in [0.2, 0.25) is 0 Å². The molecule has 6 heterocycles. The Balaban J connectivity index is 0.965. The van der Waals surface area contributed by atoms with E-state index in [9.17, 15) is 0 Å². The Hall–Kier alpha value is -9.62. The summed E-state index contributed by atoms with van der Waals surface area (Å²) in [5.41, 5.74) is 13.9. The van der Waals surface area contributed by atoms with Crippen LogP contribution in [0.5, 0.6) is 0 Å². The maximum atomic E-state index is 5.08. The van der Waals surface area contributed by atoms with Gasteiger partial charge in [-0.3, -0.25) is 0 Å². The number of benzene rings is 7.